The average Bonchev–Trinajstić information content (AvgIpc) is 2.80. The highest BCUT2D eigenvalue weighted by molar-refractivity contribution is 5.88. The Morgan fingerprint density at radius 2 is 0.966 bits per heavy atom. The van der Waals surface area contributed by atoms with Crippen LogP contribution in [0.15, 0.2) is 121 Å². The van der Waals surface area contributed by atoms with E-state index < -0.39 is 0 Å². The fourth-order valence-corrected chi connectivity index (χ4v) is 3.57. The molecular formula is C28H18O. The molecule has 0 spiro atoms. The number of ether oxygens (including phenoxy) is 1. The maximum absolute atomic E-state index is 6.09. The van der Waals surface area contributed by atoms with E-state index in [1.807, 2.05) is 72.8 Å². The summed E-state index contributed by atoms with van der Waals surface area (Å²) in [4.78, 5) is 0. The lowest BCUT2D eigenvalue weighted by atomic mass is 9.94. The largest absolute Gasteiger partial charge is 0.456 e. The molecule has 0 saturated carbocycles. The van der Waals surface area contributed by atoms with E-state index in [4.69, 9.17) is 4.74 Å². The van der Waals surface area contributed by atoms with Crippen LogP contribution in [-0.2, 0) is 0 Å². The zero-order valence-corrected chi connectivity index (χ0v) is 15.8. The summed E-state index contributed by atoms with van der Waals surface area (Å²) in [6.07, 6.45) is 0. The van der Waals surface area contributed by atoms with Crippen molar-refractivity contribution in [3.05, 3.63) is 143 Å². The molecule has 0 unspecified atom stereocenters. The van der Waals surface area contributed by atoms with Crippen molar-refractivity contribution in [1.82, 2.24) is 0 Å². The summed E-state index contributed by atoms with van der Waals surface area (Å²) < 4.78 is 6.09. The van der Waals surface area contributed by atoms with Gasteiger partial charge in [-0.15, -0.1) is 0 Å². The molecule has 136 valence electrons. The summed E-state index contributed by atoms with van der Waals surface area (Å²) in [5.41, 5.74) is 13.2. The highest BCUT2D eigenvalue weighted by atomic mass is 16.5. The number of rotatable bonds is 2. The lowest BCUT2D eigenvalue weighted by Gasteiger charge is -2.21. The van der Waals surface area contributed by atoms with Gasteiger partial charge in [0.2, 0.25) is 0 Å². The Balaban J connectivity index is 1.83. The predicted molar refractivity (Wildman–Crippen MR) is 118 cm³/mol. The standard InChI is InChI=1S/C28H18O/c1-3-11-21(12-4-1)23(22-13-5-2-6-14-22)19-20-24-25-15-7-9-17-27(25)29-28-18-10-8-16-26(24)28/h1-18H. The molecule has 1 heteroatoms. The minimum absolute atomic E-state index is 0.844. The van der Waals surface area contributed by atoms with Gasteiger partial charge in [-0.1, -0.05) is 96.4 Å². The van der Waals surface area contributed by atoms with Crippen LogP contribution in [0.1, 0.15) is 22.3 Å². The van der Waals surface area contributed by atoms with E-state index in [0.717, 1.165) is 44.9 Å². The molecule has 5 rings (SSSR count). The second kappa shape index (κ2) is 7.54. The van der Waals surface area contributed by atoms with E-state index in [1.165, 1.54) is 0 Å². The van der Waals surface area contributed by atoms with Crippen molar-refractivity contribution < 1.29 is 4.74 Å². The average molecular weight is 370 g/mol. The van der Waals surface area contributed by atoms with Gasteiger partial charge in [-0.3, -0.25) is 0 Å². The summed E-state index contributed by atoms with van der Waals surface area (Å²) in [5, 5.41) is 0. The minimum Gasteiger partial charge on any atom is -0.456 e. The molecule has 1 aliphatic heterocycles. The van der Waals surface area contributed by atoms with Crippen molar-refractivity contribution in [1.29, 1.82) is 0 Å². The predicted octanol–water partition coefficient (Wildman–Crippen LogP) is 7.11. The number of hydrogen-bond donors (Lipinski definition) is 0. The molecule has 0 fully saturated rings. The van der Waals surface area contributed by atoms with Gasteiger partial charge in [0.05, 0.1) is 0 Å². The smallest absolute Gasteiger partial charge is 0.135 e. The van der Waals surface area contributed by atoms with Crippen LogP contribution in [-0.4, -0.2) is 0 Å². The molecule has 4 aromatic rings. The van der Waals surface area contributed by atoms with Gasteiger partial charge in [0.1, 0.15) is 11.5 Å². The Labute approximate surface area is 170 Å². The van der Waals surface area contributed by atoms with Crippen molar-refractivity contribution >= 4 is 11.1 Å². The summed E-state index contributed by atoms with van der Waals surface area (Å²) >= 11 is 0. The van der Waals surface area contributed by atoms with Crippen LogP contribution < -0.4 is 4.74 Å². The van der Waals surface area contributed by atoms with Gasteiger partial charge < -0.3 is 4.74 Å². The Morgan fingerprint density at radius 1 is 0.517 bits per heavy atom. The van der Waals surface area contributed by atoms with E-state index in [0.29, 0.717) is 0 Å². The summed E-state index contributed by atoms with van der Waals surface area (Å²) in [7, 11) is 0. The molecule has 0 radical (unpaired) electrons. The first-order valence-electron chi connectivity index (χ1n) is 9.63. The van der Waals surface area contributed by atoms with Gasteiger partial charge in [0.25, 0.3) is 0 Å². The maximum atomic E-state index is 6.09. The van der Waals surface area contributed by atoms with Gasteiger partial charge in [0, 0.05) is 22.3 Å². The van der Waals surface area contributed by atoms with Crippen LogP contribution in [0.3, 0.4) is 0 Å². The van der Waals surface area contributed by atoms with Crippen LogP contribution in [0, 0.1) is 0 Å². The molecule has 1 aliphatic rings. The van der Waals surface area contributed by atoms with E-state index in [-0.39, 0.29) is 0 Å². The molecule has 29 heavy (non-hydrogen) atoms. The molecule has 0 amide bonds. The minimum atomic E-state index is 0.844. The molecule has 4 aromatic carbocycles. The first-order chi connectivity index (χ1) is 14.4. The van der Waals surface area contributed by atoms with Crippen LogP contribution in [0.5, 0.6) is 11.5 Å². The van der Waals surface area contributed by atoms with Gasteiger partial charge in [-0.05, 0) is 35.4 Å². The first kappa shape index (κ1) is 17.1. The van der Waals surface area contributed by atoms with Crippen LogP contribution in [0.4, 0.5) is 0 Å². The van der Waals surface area contributed by atoms with Crippen LogP contribution in [0.25, 0.3) is 11.1 Å². The number of hydrogen-bond acceptors (Lipinski definition) is 1. The van der Waals surface area contributed by atoms with E-state index >= 15 is 0 Å². The summed E-state index contributed by atoms with van der Waals surface area (Å²) in [6, 6.07) is 36.8. The van der Waals surface area contributed by atoms with Crippen LogP contribution in [0.2, 0.25) is 0 Å². The van der Waals surface area contributed by atoms with Gasteiger partial charge in [0.15, 0.2) is 0 Å². The highest BCUT2D eigenvalue weighted by Crippen LogP contribution is 2.42. The zero-order valence-electron chi connectivity index (χ0n) is 15.8. The number of para-hydroxylation sites is 2. The quantitative estimate of drug-likeness (QED) is 0.301. The SMILES string of the molecule is C(=C=C1c2ccccc2Oc2ccccc21)=C(c1ccccc1)c1ccccc1. The second-order valence-corrected chi connectivity index (χ2v) is 6.83. The van der Waals surface area contributed by atoms with Crippen molar-refractivity contribution in [2.45, 2.75) is 0 Å². The monoisotopic (exact) mass is 370 g/mol. The third-order valence-corrected chi connectivity index (χ3v) is 4.97. The molecule has 0 N–H and O–H groups in total. The third-order valence-electron chi connectivity index (χ3n) is 4.97. The second-order valence-electron chi connectivity index (χ2n) is 6.83. The van der Waals surface area contributed by atoms with Gasteiger partial charge in [-0.2, -0.15) is 0 Å². The van der Waals surface area contributed by atoms with Crippen molar-refractivity contribution in [2.24, 2.45) is 0 Å². The molecule has 1 heterocycles. The maximum Gasteiger partial charge on any atom is 0.135 e. The zero-order chi connectivity index (χ0) is 19.5. The molecule has 0 aromatic heterocycles. The summed E-state index contributed by atoms with van der Waals surface area (Å²) in [5.74, 6) is 1.69. The Kier molecular flexibility index (Phi) is 4.45. The number of benzene rings is 4. The Bertz CT molecular complexity index is 1180. The fourth-order valence-electron chi connectivity index (χ4n) is 3.57. The van der Waals surface area contributed by atoms with Crippen molar-refractivity contribution in [3.8, 4) is 11.5 Å². The Morgan fingerprint density at radius 3 is 1.48 bits per heavy atom. The molecule has 0 aliphatic carbocycles. The third kappa shape index (κ3) is 3.33. The molecule has 0 atom stereocenters. The lowest BCUT2D eigenvalue weighted by molar-refractivity contribution is 0.474. The van der Waals surface area contributed by atoms with Crippen molar-refractivity contribution in [2.75, 3.05) is 0 Å². The highest BCUT2D eigenvalue weighted by Gasteiger charge is 2.20. The fraction of sp³-hybridized carbons (Fsp3) is 0. The van der Waals surface area contributed by atoms with Gasteiger partial charge in [-0.25, -0.2) is 0 Å². The molecule has 1 nitrogen and oxygen atoms in total. The molecular weight excluding hydrogens is 352 g/mol. The Hall–Kier alpha value is -4.02. The normalized spacial score (nSPS) is 11.4. The molecule has 0 saturated heterocycles. The van der Waals surface area contributed by atoms with Crippen LogP contribution >= 0.6 is 0 Å². The molecule has 0 bridgehead atoms. The van der Waals surface area contributed by atoms with E-state index in [1.54, 1.807) is 0 Å². The van der Waals surface area contributed by atoms with E-state index in [2.05, 4.69) is 47.9 Å². The van der Waals surface area contributed by atoms with Crippen molar-refractivity contribution in [3.63, 3.8) is 0 Å². The lowest BCUT2D eigenvalue weighted by Crippen LogP contribution is -2.01. The summed E-state index contributed by atoms with van der Waals surface area (Å²) in [6.45, 7) is 0. The van der Waals surface area contributed by atoms with Gasteiger partial charge >= 0.3 is 0 Å². The van der Waals surface area contributed by atoms with E-state index in [9.17, 15) is 0 Å². The first-order valence-corrected chi connectivity index (χ1v) is 9.63. The topological polar surface area (TPSA) is 9.23 Å². The number of fused-ring (bicyclic) bond motifs is 2.